The largest absolute Gasteiger partial charge is 0.488 e. The van der Waals surface area contributed by atoms with Crippen LogP contribution in [-0.4, -0.2) is 5.11 Å². The van der Waals surface area contributed by atoms with Gasteiger partial charge < -0.3 is 9.84 Å². The van der Waals surface area contributed by atoms with Gasteiger partial charge in [-0.05, 0) is 24.3 Å². The molecular formula is C14H11ClF2O2. The first kappa shape index (κ1) is 13.8. The number of hydrogen-bond donors (Lipinski definition) is 1. The van der Waals surface area contributed by atoms with Gasteiger partial charge in [-0.25, -0.2) is 8.78 Å². The Balaban J connectivity index is 2.17. The van der Waals surface area contributed by atoms with Gasteiger partial charge in [-0.15, -0.1) is 0 Å². The summed E-state index contributed by atoms with van der Waals surface area (Å²) >= 11 is 5.90. The molecule has 1 N–H and O–H groups in total. The molecule has 0 amide bonds. The third-order valence-corrected chi connectivity index (χ3v) is 2.99. The van der Waals surface area contributed by atoms with E-state index in [-0.39, 0.29) is 18.8 Å². The van der Waals surface area contributed by atoms with E-state index in [1.54, 1.807) is 18.2 Å². The molecule has 0 saturated heterocycles. The quantitative estimate of drug-likeness (QED) is 0.928. The Morgan fingerprint density at radius 3 is 2.63 bits per heavy atom. The summed E-state index contributed by atoms with van der Waals surface area (Å²) in [7, 11) is 0. The fourth-order valence-electron chi connectivity index (χ4n) is 1.62. The molecule has 0 aromatic heterocycles. The molecule has 5 heteroatoms. The molecule has 0 unspecified atom stereocenters. The van der Waals surface area contributed by atoms with Crippen LogP contribution < -0.4 is 4.74 Å². The maximum atomic E-state index is 13.4. The third kappa shape index (κ3) is 3.22. The van der Waals surface area contributed by atoms with E-state index in [1.807, 2.05) is 0 Å². The highest BCUT2D eigenvalue weighted by Crippen LogP contribution is 2.27. The normalized spacial score (nSPS) is 10.5. The lowest BCUT2D eigenvalue weighted by Gasteiger charge is -2.11. The second kappa shape index (κ2) is 5.99. The maximum absolute atomic E-state index is 13.4. The standard InChI is InChI=1S/C14H11ClF2O2/c15-12-2-1-3-14(11(12)7-18)19-8-9-4-5-10(16)6-13(9)17/h1-6,18H,7-8H2. The number of halogens is 3. The van der Waals surface area contributed by atoms with E-state index >= 15 is 0 Å². The first-order valence-electron chi connectivity index (χ1n) is 5.57. The Labute approximate surface area is 114 Å². The number of rotatable bonds is 4. The van der Waals surface area contributed by atoms with E-state index in [4.69, 9.17) is 16.3 Å². The summed E-state index contributed by atoms with van der Waals surface area (Å²) in [5, 5.41) is 9.57. The monoisotopic (exact) mass is 284 g/mol. The summed E-state index contributed by atoms with van der Waals surface area (Å²) < 4.78 is 31.6. The molecule has 2 nitrogen and oxygen atoms in total. The average Bonchev–Trinajstić information content (AvgIpc) is 2.38. The van der Waals surface area contributed by atoms with Crippen LogP contribution in [0.5, 0.6) is 5.75 Å². The zero-order valence-corrected chi connectivity index (χ0v) is 10.6. The van der Waals surface area contributed by atoms with Crippen LogP contribution in [0.25, 0.3) is 0 Å². The number of hydrogen-bond acceptors (Lipinski definition) is 2. The van der Waals surface area contributed by atoms with Crippen molar-refractivity contribution in [1.82, 2.24) is 0 Å². The minimum atomic E-state index is -0.674. The molecular weight excluding hydrogens is 274 g/mol. The zero-order valence-electron chi connectivity index (χ0n) is 9.87. The molecule has 0 aliphatic rings. The van der Waals surface area contributed by atoms with Crippen LogP contribution in [0.4, 0.5) is 8.78 Å². The summed E-state index contributed by atoms with van der Waals surface area (Å²) in [6, 6.07) is 8.18. The van der Waals surface area contributed by atoms with E-state index in [0.717, 1.165) is 12.1 Å². The SMILES string of the molecule is OCc1c(Cl)cccc1OCc1ccc(F)cc1F. The minimum Gasteiger partial charge on any atom is -0.488 e. The summed E-state index contributed by atoms with van der Waals surface area (Å²) in [5.74, 6) is -0.939. The van der Waals surface area contributed by atoms with Gasteiger partial charge in [0.15, 0.2) is 0 Å². The highest BCUT2D eigenvalue weighted by molar-refractivity contribution is 6.31. The highest BCUT2D eigenvalue weighted by Gasteiger charge is 2.09. The van der Waals surface area contributed by atoms with Crippen molar-refractivity contribution in [1.29, 1.82) is 0 Å². The van der Waals surface area contributed by atoms with Gasteiger partial charge in [-0.2, -0.15) is 0 Å². The van der Waals surface area contributed by atoms with Gasteiger partial charge in [-0.3, -0.25) is 0 Å². The topological polar surface area (TPSA) is 29.5 Å². The first-order chi connectivity index (χ1) is 9.11. The van der Waals surface area contributed by atoms with Crippen molar-refractivity contribution in [2.24, 2.45) is 0 Å². The lowest BCUT2D eigenvalue weighted by molar-refractivity contribution is 0.257. The summed E-state index contributed by atoms with van der Waals surface area (Å²) in [5.41, 5.74) is 0.664. The molecule has 0 saturated carbocycles. The summed E-state index contributed by atoms with van der Waals surface area (Å²) in [4.78, 5) is 0. The summed E-state index contributed by atoms with van der Waals surface area (Å²) in [6.45, 7) is -0.347. The van der Waals surface area contributed by atoms with Crippen molar-refractivity contribution < 1.29 is 18.6 Å². The van der Waals surface area contributed by atoms with Crippen LogP contribution in [0.2, 0.25) is 5.02 Å². The first-order valence-corrected chi connectivity index (χ1v) is 5.94. The molecule has 0 fully saturated rings. The Morgan fingerprint density at radius 2 is 1.95 bits per heavy atom. The molecule has 0 spiro atoms. The van der Waals surface area contributed by atoms with Crippen molar-refractivity contribution in [3.05, 3.63) is 64.2 Å². The molecule has 0 heterocycles. The van der Waals surface area contributed by atoms with Gasteiger partial charge in [0, 0.05) is 22.2 Å². The van der Waals surface area contributed by atoms with Crippen LogP contribution in [0.1, 0.15) is 11.1 Å². The second-order valence-electron chi connectivity index (χ2n) is 3.90. The van der Waals surface area contributed by atoms with Crippen molar-refractivity contribution >= 4 is 11.6 Å². The number of ether oxygens (including phenoxy) is 1. The van der Waals surface area contributed by atoms with Crippen molar-refractivity contribution in [2.45, 2.75) is 13.2 Å². The Bertz CT molecular complexity index is 588. The van der Waals surface area contributed by atoms with E-state index in [0.29, 0.717) is 16.3 Å². The predicted molar refractivity (Wildman–Crippen MR) is 68.1 cm³/mol. The van der Waals surface area contributed by atoms with Crippen LogP contribution >= 0.6 is 11.6 Å². The minimum absolute atomic E-state index is 0.0700. The van der Waals surface area contributed by atoms with Gasteiger partial charge in [0.05, 0.1) is 6.61 Å². The van der Waals surface area contributed by atoms with Crippen molar-refractivity contribution in [2.75, 3.05) is 0 Å². The molecule has 2 rings (SSSR count). The molecule has 2 aromatic carbocycles. The molecule has 100 valence electrons. The van der Waals surface area contributed by atoms with Gasteiger partial charge in [-0.1, -0.05) is 17.7 Å². The second-order valence-corrected chi connectivity index (χ2v) is 4.31. The van der Waals surface area contributed by atoms with Crippen LogP contribution in [0.3, 0.4) is 0 Å². The number of benzene rings is 2. The molecule has 0 bridgehead atoms. The fraction of sp³-hybridized carbons (Fsp3) is 0.143. The van der Waals surface area contributed by atoms with Crippen LogP contribution in [0, 0.1) is 11.6 Å². The van der Waals surface area contributed by atoms with E-state index in [9.17, 15) is 13.9 Å². The van der Waals surface area contributed by atoms with Gasteiger partial charge in [0.1, 0.15) is 24.0 Å². The highest BCUT2D eigenvalue weighted by atomic mass is 35.5. The molecule has 0 atom stereocenters. The van der Waals surface area contributed by atoms with Crippen LogP contribution in [0.15, 0.2) is 36.4 Å². The van der Waals surface area contributed by atoms with Crippen molar-refractivity contribution in [3.8, 4) is 5.75 Å². The lowest BCUT2D eigenvalue weighted by atomic mass is 10.2. The Hall–Kier alpha value is -1.65. The van der Waals surface area contributed by atoms with Gasteiger partial charge in [0.2, 0.25) is 0 Å². The lowest BCUT2D eigenvalue weighted by Crippen LogP contribution is -2.01. The number of aliphatic hydroxyl groups excluding tert-OH is 1. The van der Waals surface area contributed by atoms with Gasteiger partial charge >= 0.3 is 0 Å². The van der Waals surface area contributed by atoms with Crippen molar-refractivity contribution in [3.63, 3.8) is 0 Å². The fourth-order valence-corrected chi connectivity index (χ4v) is 1.85. The average molecular weight is 285 g/mol. The smallest absolute Gasteiger partial charge is 0.132 e. The molecule has 0 aliphatic heterocycles. The third-order valence-electron chi connectivity index (χ3n) is 2.63. The molecule has 19 heavy (non-hydrogen) atoms. The van der Waals surface area contributed by atoms with Gasteiger partial charge in [0.25, 0.3) is 0 Å². The Morgan fingerprint density at radius 1 is 1.16 bits per heavy atom. The molecule has 2 aromatic rings. The Kier molecular flexibility index (Phi) is 4.35. The van der Waals surface area contributed by atoms with Crippen LogP contribution in [-0.2, 0) is 13.2 Å². The maximum Gasteiger partial charge on any atom is 0.132 e. The van der Waals surface area contributed by atoms with E-state index in [2.05, 4.69) is 0 Å². The van der Waals surface area contributed by atoms with E-state index < -0.39 is 11.6 Å². The molecule has 0 aliphatic carbocycles. The molecule has 0 radical (unpaired) electrons. The zero-order chi connectivity index (χ0) is 13.8. The van der Waals surface area contributed by atoms with E-state index in [1.165, 1.54) is 6.07 Å². The predicted octanol–water partition coefficient (Wildman–Crippen LogP) is 3.69. The number of aliphatic hydroxyl groups is 1. The summed E-state index contributed by atoms with van der Waals surface area (Å²) in [6.07, 6.45) is 0.